The van der Waals surface area contributed by atoms with Crippen LogP contribution in [0.15, 0.2) is 24.3 Å². The van der Waals surface area contributed by atoms with E-state index in [1.165, 1.54) is 0 Å². The summed E-state index contributed by atoms with van der Waals surface area (Å²) >= 11 is 0. The number of rotatable bonds is 3. The van der Waals surface area contributed by atoms with Crippen molar-refractivity contribution < 1.29 is 9.90 Å². The van der Waals surface area contributed by atoms with Gasteiger partial charge >= 0.3 is 0 Å². The maximum Gasteiger partial charge on any atom is 0.222 e. The average molecular weight is 272 g/mol. The van der Waals surface area contributed by atoms with E-state index in [4.69, 9.17) is 5.26 Å². The minimum absolute atomic E-state index is 0.133. The Bertz CT molecular complexity index is 526. The molecule has 1 saturated heterocycles. The van der Waals surface area contributed by atoms with Crippen LogP contribution in [-0.2, 0) is 11.2 Å². The van der Waals surface area contributed by atoms with E-state index < -0.39 is 0 Å². The summed E-state index contributed by atoms with van der Waals surface area (Å²) in [6.45, 7) is 3.30. The molecular weight excluding hydrogens is 252 g/mol. The van der Waals surface area contributed by atoms with Gasteiger partial charge in [-0.25, -0.2) is 0 Å². The molecule has 0 saturated carbocycles. The Morgan fingerprint density at radius 1 is 1.45 bits per heavy atom. The molecule has 0 bridgehead atoms. The molecule has 0 atom stereocenters. The van der Waals surface area contributed by atoms with Crippen LogP contribution in [0, 0.1) is 16.7 Å². The zero-order valence-electron chi connectivity index (χ0n) is 11.8. The van der Waals surface area contributed by atoms with Crippen LogP contribution in [0.3, 0.4) is 0 Å². The van der Waals surface area contributed by atoms with Crippen LogP contribution in [-0.4, -0.2) is 29.0 Å². The Morgan fingerprint density at radius 2 is 2.15 bits per heavy atom. The number of carbonyl (C=O) groups excluding carboxylic acids is 1. The van der Waals surface area contributed by atoms with E-state index in [-0.39, 0.29) is 17.1 Å². The third-order valence-electron chi connectivity index (χ3n) is 4.03. The molecule has 106 valence electrons. The van der Waals surface area contributed by atoms with Crippen molar-refractivity contribution in [3.8, 4) is 11.8 Å². The average Bonchev–Trinajstić information content (AvgIpc) is 2.46. The molecule has 1 aliphatic rings. The van der Waals surface area contributed by atoms with Crippen LogP contribution in [0.4, 0.5) is 0 Å². The molecule has 0 unspecified atom stereocenters. The number of hydrogen-bond donors (Lipinski definition) is 1. The van der Waals surface area contributed by atoms with Crippen LogP contribution >= 0.6 is 0 Å². The Morgan fingerprint density at radius 3 is 2.75 bits per heavy atom. The minimum Gasteiger partial charge on any atom is -0.508 e. The molecule has 0 spiro atoms. The molecule has 1 fully saturated rings. The van der Waals surface area contributed by atoms with E-state index in [2.05, 4.69) is 6.07 Å². The molecule has 0 aromatic heterocycles. The Balaban J connectivity index is 1.83. The molecule has 4 heteroatoms. The lowest BCUT2D eigenvalue weighted by Gasteiger charge is -2.35. The van der Waals surface area contributed by atoms with Gasteiger partial charge in [-0.05, 0) is 43.9 Å². The number of hydrogen-bond acceptors (Lipinski definition) is 3. The third-order valence-corrected chi connectivity index (χ3v) is 4.03. The fourth-order valence-electron chi connectivity index (χ4n) is 2.48. The van der Waals surface area contributed by atoms with Crippen LogP contribution in [0.2, 0.25) is 0 Å². The molecule has 20 heavy (non-hydrogen) atoms. The highest BCUT2D eigenvalue weighted by molar-refractivity contribution is 5.76. The first kappa shape index (κ1) is 14.4. The predicted octanol–water partition coefficient (Wildman–Crippen LogP) is 2.48. The van der Waals surface area contributed by atoms with Crippen molar-refractivity contribution in [3.05, 3.63) is 29.8 Å². The maximum atomic E-state index is 12.1. The van der Waals surface area contributed by atoms with Gasteiger partial charge in [0.05, 0.1) is 11.5 Å². The van der Waals surface area contributed by atoms with Crippen molar-refractivity contribution in [2.24, 2.45) is 5.41 Å². The quantitative estimate of drug-likeness (QED) is 0.919. The van der Waals surface area contributed by atoms with E-state index in [9.17, 15) is 9.90 Å². The summed E-state index contributed by atoms with van der Waals surface area (Å²) in [5.41, 5.74) is 0.694. The van der Waals surface area contributed by atoms with Gasteiger partial charge in [0.15, 0.2) is 0 Å². The number of carbonyl (C=O) groups is 1. The predicted molar refractivity (Wildman–Crippen MR) is 76.0 cm³/mol. The highest BCUT2D eigenvalue weighted by Gasteiger charge is 2.31. The number of nitriles is 1. The van der Waals surface area contributed by atoms with Gasteiger partial charge in [-0.3, -0.25) is 4.79 Å². The highest BCUT2D eigenvalue weighted by Crippen LogP contribution is 2.30. The zero-order chi connectivity index (χ0) is 14.6. The standard InChI is InChI=1S/C16H20N2O2/c1-16(12-17)7-9-18(10-8-16)15(20)6-5-13-3-2-4-14(19)11-13/h2-4,11,19H,5-10H2,1H3. The SMILES string of the molecule is CC1(C#N)CCN(C(=O)CCc2cccc(O)c2)CC1. The van der Waals surface area contributed by atoms with Gasteiger partial charge in [0.25, 0.3) is 0 Å². The summed E-state index contributed by atoms with van der Waals surface area (Å²) in [6.07, 6.45) is 2.59. The first-order valence-electron chi connectivity index (χ1n) is 6.99. The number of nitrogens with zero attached hydrogens (tertiary/aromatic N) is 2. The van der Waals surface area contributed by atoms with Gasteiger partial charge < -0.3 is 10.0 Å². The lowest BCUT2D eigenvalue weighted by molar-refractivity contribution is -0.132. The monoisotopic (exact) mass is 272 g/mol. The van der Waals surface area contributed by atoms with Crippen molar-refractivity contribution in [1.29, 1.82) is 5.26 Å². The van der Waals surface area contributed by atoms with Crippen molar-refractivity contribution in [3.63, 3.8) is 0 Å². The number of benzene rings is 1. The summed E-state index contributed by atoms with van der Waals surface area (Å²) < 4.78 is 0. The first-order valence-corrected chi connectivity index (χ1v) is 6.99. The van der Waals surface area contributed by atoms with E-state index in [1.54, 1.807) is 18.2 Å². The summed E-state index contributed by atoms with van der Waals surface area (Å²) in [7, 11) is 0. The normalized spacial score (nSPS) is 17.5. The molecule has 1 amide bonds. The smallest absolute Gasteiger partial charge is 0.222 e. The van der Waals surface area contributed by atoms with E-state index >= 15 is 0 Å². The molecule has 4 nitrogen and oxygen atoms in total. The summed E-state index contributed by atoms with van der Waals surface area (Å²) in [5, 5.41) is 18.5. The van der Waals surface area contributed by atoms with E-state index in [0.29, 0.717) is 25.9 Å². The Labute approximate surface area is 119 Å². The summed E-state index contributed by atoms with van der Waals surface area (Å²) in [5.74, 6) is 0.367. The van der Waals surface area contributed by atoms with Gasteiger partial charge in [0, 0.05) is 19.5 Å². The zero-order valence-corrected chi connectivity index (χ0v) is 11.8. The van der Waals surface area contributed by atoms with Crippen molar-refractivity contribution in [2.75, 3.05) is 13.1 Å². The molecule has 1 aromatic rings. The molecule has 1 heterocycles. The molecule has 1 aromatic carbocycles. The maximum absolute atomic E-state index is 12.1. The van der Waals surface area contributed by atoms with Gasteiger partial charge in [-0.1, -0.05) is 12.1 Å². The number of aromatic hydroxyl groups is 1. The van der Waals surface area contributed by atoms with Crippen LogP contribution in [0.5, 0.6) is 5.75 Å². The number of aryl methyl sites for hydroxylation is 1. The number of amides is 1. The molecule has 1 N–H and O–H groups in total. The van der Waals surface area contributed by atoms with E-state index in [1.807, 2.05) is 17.9 Å². The number of phenolic OH excluding ortho intramolecular Hbond substituents is 1. The van der Waals surface area contributed by atoms with Gasteiger partial charge in [0.2, 0.25) is 5.91 Å². The summed E-state index contributed by atoms with van der Waals surface area (Å²) in [4.78, 5) is 14.0. The number of likely N-dealkylation sites (tertiary alicyclic amines) is 1. The fourth-order valence-corrected chi connectivity index (χ4v) is 2.48. The molecule has 0 radical (unpaired) electrons. The second-order valence-electron chi connectivity index (χ2n) is 5.72. The van der Waals surface area contributed by atoms with Crippen LogP contribution < -0.4 is 0 Å². The third kappa shape index (κ3) is 3.51. The largest absolute Gasteiger partial charge is 0.508 e. The lowest BCUT2D eigenvalue weighted by Crippen LogP contribution is -2.41. The second kappa shape index (κ2) is 5.96. The highest BCUT2D eigenvalue weighted by atomic mass is 16.3. The van der Waals surface area contributed by atoms with Gasteiger partial charge in [-0.15, -0.1) is 0 Å². The van der Waals surface area contributed by atoms with Crippen molar-refractivity contribution in [2.45, 2.75) is 32.6 Å². The minimum atomic E-state index is -0.276. The lowest BCUT2D eigenvalue weighted by atomic mass is 9.82. The molecule has 0 aliphatic carbocycles. The van der Waals surface area contributed by atoms with Crippen molar-refractivity contribution >= 4 is 5.91 Å². The molecule has 2 rings (SSSR count). The van der Waals surface area contributed by atoms with Gasteiger partial charge in [-0.2, -0.15) is 5.26 Å². The second-order valence-corrected chi connectivity index (χ2v) is 5.72. The van der Waals surface area contributed by atoms with Crippen LogP contribution in [0.1, 0.15) is 31.7 Å². The number of piperidine rings is 1. The Kier molecular flexibility index (Phi) is 4.29. The fraction of sp³-hybridized carbons (Fsp3) is 0.500. The topological polar surface area (TPSA) is 64.3 Å². The number of phenols is 1. The van der Waals surface area contributed by atoms with Crippen molar-refractivity contribution in [1.82, 2.24) is 4.90 Å². The summed E-state index contributed by atoms with van der Waals surface area (Å²) in [6, 6.07) is 9.35. The van der Waals surface area contributed by atoms with Gasteiger partial charge in [0.1, 0.15) is 5.75 Å². The Hall–Kier alpha value is -2.02. The van der Waals surface area contributed by atoms with E-state index in [0.717, 1.165) is 18.4 Å². The first-order chi connectivity index (χ1) is 9.52. The van der Waals surface area contributed by atoms with Crippen LogP contribution in [0.25, 0.3) is 0 Å². The molecular formula is C16H20N2O2. The molecule has 1 aliphatic heterocycles.